The van der Waals surface area contributed by atoms with Crippen LogP contribution >= 0.6 is 12.4 Å². The van der Waals surface area contributed by atoms with Gasteiger partial charge in [-0.15, -0.1) is 12.4 Å². The summed E-state index contributed by atoms with van der Waals surface area (Å²) in [5.74, 6) is -0.299. The highest BCUT2D eigenvalue weighted by Gasteiger charge is 2.09. The van der Waals surface area contributed by atoms with E-state index in [2.05, 4.69) is 0 Å². The number of hydrogen-bond donors (Lipinski definition) is 1. The van der Waals surface area contributed by atoms with Crippen molar-refractivity contribution in [2.75, 3.05) is 0 Å². The average molecular weight is 194 g/mol. The number of rotatable bonds is 1. The molecule has 0 fully saturated rings. The first-order valence-corrected chi connectivity index (χ1v) is 2.64. The fraction of sp³-hybridized carbons (Fsp3) is 0. The van der Waals surface area contributed by atoms with Crippen molar-refractivity contribution in [1.29, 1.82) is 0 Å². The third kappa shape index (κ3) is 2.73. The van der Waals surface area contributed by atoms with Crippen LogP contribution in [0.4, 0.5) is 5.69 Å². The second-order valence-electron chi connectivity index (χ2n) is 1.75. The quantitative estimate of drug-likeness (QED) is 0.530. The SMILES string of the molecule is Cl.O.O=[N+]([O-])c1ccccc1O. The van der Waals surface area contributed by atoms with Gasteiger partial charge >= 0.3 is 5.69 Å². The van der Waals surface area contributed by atoms with Crippen LogP contribution in [-0.4, -0.2) is 15.5 Å². The first kappa shape index (κ1) is 13.3. The zero-order valence-electron chi connectivity index (χ0n) is 5.93. The fourth-order valence-electron chi connectivity index (χ4n) is 0.619. The number of nitro benzene ring substituents is 1. The van der Waals surface area contributed by atoms with Crippen molar-refractivity contribution in [3.05, 3.63) is 34.4 Å². The number of benzene rings is 1. The lowest BCUT2D eigenvalue weighted by Crippen LogP contribution is -1.86. The number of para-hydroxylation sites is 2. The predicted octanol–water partition coefficient (Wildman–Crippen LogP) is 0.897. The van der Waals surface area contributed by atoms with Gasteiger partial charge in [0.15, 0.2) is 5.75 Å². The number of phenols is 1. The molecule has 0 radical (unpaired) electrons. The Morgan fingerprint density at radius 3 is 2.17 bits per heavy atom. The van der Waals surface area contributed by atoms with E-state index in [-0.39, 0.29) is 29.3 Å². The highest BCUT2D eigenvalue weighted by Crippen LogP contribution is 2.23. The smallest absolute Gasteiger partial charge is 0.310 e. The molecule has 5 nitrogen and oxygen atoms in total. The molecule has 0 bridgehead atoms. The third-order valence-electron chi connectivity index (χ3n) is 1.08. The molecule has 68 valence electrons. The van der Waals surface area contributed by atoms with E-state index in [1.165, 1.54) is 24.3 Å². The van der Waals surface area contributed by atoms with Crippen LogP contribution in [0.15, 0.2) is 24.3 Å². The maximum Gasteiger partial charge on any atom is 0.310 e. The normalized spacial score (nSPS) is 7.67. The Labute approximate surface area is 74.5 Å². The highest BCUT2D eigenvalue weighted by atomic mass is 35.5. The summed E-state index contributed by atoms with van der Waals surface area (Å²) in [6.07, 6.45) is 0. The van der Waals surface area contributed by atoms with Crippen LogP contribution in [0.25, 0.3) is 0 Å². The van der Waals surface area contributed by atoms with Gasteiger partial charge in [-0.1, -0.05) is 12.1 Å². The second-order valence-corrected chi connectivity index (χ2v) is 1.75. The summed E-state index contributed by atoms with van der Waals surface area (Å²) in [7, 11) is 0. The number of nitrogens with zero attached hydrogens (tertiary/aromatic N) is 1. The van der Waals surface area contributed by atoms with E-state index < -0.39 is 4.92 Å². The summed E-state index contributed by atoms with van der Waals surface area (Å²) in [5.41, 5.74) is -0.262. The molecular weight excluding hydrogens is 186 g/mol. The molecule has 0 atom stereocenters. The Hall–Kier alpha value is -1.33. The van der Waals surface area contributed by atoms with Crippen molar-refractivity contribution in [2.24, 2.45) is 0 Å². The predicted molar refractivity (Wildman–Crippen MR) is 45.6 cm³/mol. The molecule has 0 unspecified atom stereocenters. The van der Waals surface area contributed by atoms with E-state index in [4.69, 9.17) is 5.11 Å². The third-order valence-corrected chi connectivity index (χ3v) is 1.08. The van der Waals surface area contributed by atoms with E-state index in [9.17, 15) is 10.1 Å². The summed E-state index contributed by atoms with van der Waals surface area (Å²) in [6, 6.07) is 5.55. The van der Waals surface area contributed by atoms with Crippen LogP contribution in [0, 0.1) is 10.1 Å². The molecule has 0 aromatic heterocycles. The van der Waals surface area contributed by atoms with E-state index >= 15 is 0 Å². The highest BCUT2D eigenvalue weighted by molar-refractivity contribution is 5.85. The summed E-state index contributed by atoms with van der Waals surface area (Å²) >= 11 is 0. The van der Waals surface area contributed by atoms with Crippen LogP contribution in [0.2, 0.25) is 0 Å². The summed E-state index contributed by atoms with van der Waals surface area (Å²) in [4.78, 5) is 9.44. The molecule has 0 aliphatic rings. The van der Waals surface area contributed by atoms with E-state index in [0.29, 0.717) is 0 Å². The molecular formula is C6H8ClNO4. The Balaban J connectivity index is 0. The number of aromatic hydroxyl groups is 1. The molecule has 0 saturated carbocycles. The van der Waals surface area contributed by atoms with Crippen molar-refractivity contribution in [2.45, 2.75) is 0 Å². The van der Waals surface area contributed by atoms with Gasteiger partial charge in [-0.25, -0.2) is 0 Å². The number of hydrogen-bond acceptors (Lipinski definition) is 3. The summed E-state index contributed by atoms with van der Waals surface area (Å²) < 4.78 is 0. The van der Waals surface area contributed by atoms with Gasteiger partial charge in [0.05, 0.1) is 4.92 Å². The van der Waals surface area contributed by atoms with E-state index in [1.54, 1.807) is 0 Å². The molecule has 0 spiro atoms. The number of phenolic OH excluding ortho intramolecular Hbond substituents is 1. The monoisotopic (exact) mass is 193 g/mol. The standard InChI is InChI=1S/C6H5NO3.ClH.H2O/c8-6-4-2-1-3-5(6)7(9)10;;/h1-4,8H;1H;1H2. The van der Waals surface area contributed by atoms with Crippen LogP contribution in [-0.2, 0) is 0 Å². The maximum absolute atomic E-state index is 10.1. The second kappa shape index (κ2) is 5.34. The van der Waals surface area contributed by atoms with Crippen molar-refractivity contribution in [3.8, 4) is 5.75 Å². The Morgan fingerprint density at radius 2 is 1.83 bits per heavy atom. The van der Waals surface area contributed by atoms with E-state index in [1.807, 2.05) is 0 Å². The van der Waals surface area contributed by atoms with Crippen LogP contribution < -0.4 is 0 Å². The minimum Gasteiger partial charge on any atom is -0.502 e. The zero-order chi connectivity index (χ0) is 7.56. The largest absolute Gasteiger partial charge is 0.502 e. The van der Waals surface area contributed by atoms with Crippen LogP contribution in [0.5, 0.6) is 5.75 Å². The van der Waals surface area contributed by atoms with E-state index in [0.717, 1.165) is 0 Å². The van der Waals surface area contributed by atoms with Gasteiger partial charge in [-0.05, 0) is 6.07 Å². The molecule has 0 amide bonds. The topological polar surface area (TPSA) is 94.9 Å². The molecule has 0 aliphatic carbocycles. The molecule has 1 aromatic rings. The zero-order valence-corrected chi connectivity index (χ0v) is 6.75. The summed E-state index contributed by atoms with van der Waals surface area (Å²) in [6.45, 7) is 0. The number of halogens is 1. The lowest BCUT2D eigenvalue weighted by atomic mass is 10.3. The average Bonchev–Trinajstić information content (AvgIpc) is 1.88. The molecule has 6 heteroatoms. The first-order valence-electron chi connectivity index (χ1n) is 2.64. The lowest BCUT2D eigenvalue weighted by molar-refractivity contribution is -0.385. The van der Waals surface area contributed by atoms with Gasteiger partial charge in [0.2, 0.25) is 0 Å². The van der Waals surface area contributed by atoms with Gasteiger partial charge < -0.3 is 10.6 Å². The van der Waals surface area contributed by atoms with Gasteiger partial charge in [0.1, 0.15) is 0 Å². The van der Waals surface area contributed by atoms with Crippen LogP contribution in [0.3, 0.4) is 0 Å². The molecule has 0 saturated heterocycles. The first-order chi connectivity index (χ1) is 4.72. The van der Waals surface area contributed by atoms with Crippen molar-refractivity contribution in [1.82, 2.24) is 0 Å². The van der Waals surface area contributed by atoms with Crippen molar-refractivity contribution in [3.63, 3.8) is 0 Å². The molecule has 1 aromatic carbocycles. The molecule has 12 heavy (non-hydrogen) atoms. The van der Waals surface area contributed by atoms with Crippen molar-refractivity contribution < 1.29 is 15.5 Å². The Bertz CT molecular complexity index is 265. The molecule has 3 N–H and O–H groups in total. The number of nitro groups is 1. The van der Waals surface area contributed by atoms with Gasteiger partial charge in [0.25, 0.3) is 0 Å². The molecule has 0 aliphatic heterocycles. The Morgan fingerprint density at radius 1 is 1.33 bits per heavy atom. The Kier molecular flexibility index (Phi) is 5.90. The van der Waals surface area contributed by atoms with Gasteiger partial charge in [-0.3, -0.25) is 10.1 Å². The maximum atomic E-state index is 10.1. The fourth-order valence-corrected chi connectivity index (χ4v) is 0.619. The summed E-state index contributed by atoms with van der Waals surface area (Å²) in [5, 5.41) is 18.9. The van der Waals surface area contributed by atoms with Gasteiger partial charge in [-0.2, -0.15) is 0 Å². The molecule has 0 heterocycles. The van der Waals surface area contributed by atoms with Crippen LogP contribution in [0.1, 0.15) is 0 Å². The minimum absolute atomic E-state index is 0. The minimum atomic E-state index is -0.630. The van der Waals surface area contributed by atoms with Gasteiger partial charge in [0, 0.05) is 6.07 Å². The lowest BCUT2D eigenvalue weighted by Gasteiger charge is -1.91. The molecule has 1 rings (SSSR count). The van der Waals surface area contributed by atoms with Crippen molar-refractivity contribution >= 4 is 18.1 Å².